The number of carbonyl (C=O) groups excluding carboxylic acids is 1. The van der Waals surface area contributed by atoms with Gasteiger partial charge in [0, 0.05) is 6.54 Å². The number of benzene rings is 2. The number of rotatable bonds is 8. The van der Waals surface area contributed by atoms with Crippen LogP contribution in [0, 0.1) is 0 Å². The van der Waals surface area contributed by atoms with Gasteiger partial charge in [0.1, 0.15) is 0 Å². The Labute approximate surface area is 178 Å². The first-order valence-electron chi connectivity index (χ1n) is 9.65. The van der Waals surface area contributed by atoms with Crippen molar-refractivity contribution >= 4 is 17.7 Å². The average Bonchev–Trinajstić information content (AvgIpc) is 3.46. The van der Waals surface area contributed by atoms with Gasteiger partial charge in [-0.05, 0) is 30.2 Å². The lowest BCUT2D eigenvalue weighted by Gasteiger charge is -2.18. The van der Waals surface area contributed by atoms with Crippen molar-refractivity contribution in [2.24, 2.45) is 0 Å². The average molecular weight is 420 g/mol. The van der Waals surface area contributed by atoms with Gasteiger partial charge in [0.15, 0.2) is 22.8 Å². The lowest BCUT2D eigenvalue weighted by atomic mass is 10.0. The third-order valence-electron chi connectivity index (χ3n) is 4.55. The molecule has 7 heteroatoms. The van der Waals surface area contributed by atoms with Crippen molar-refractivity contribution in [3.63, 3.8) is 0 Å². The van der Waals surface area contributed by atoms with E-state index in [-0.39, 0.29) is 11.7 Å². The predicted molar refractivity (Wildman–Crippen MR) is 115 cm³/mol. The summed E-state index contributed by atoms with van der Waals surface area (Å²) in [7, 11) is 0. The topological polar surface area (TPSA) is 70.2 Å². The van der Waals surface area contributed by atoms with Crippen LogP contribution in [0.5, 0.6) is 0 Å². The first kappa shape index (κ1) is 20.0. The number of thioether (sulfide) groups is 1. The van der Waals surface area contributed by atoms with Crippen LogP contribution in [0.25, 0.3) is 11.6 Å². The Morgan fingerprint density at radius 1 is 1.00 bits per heavy atom. The van der Waals surface area contributed by atoms with E-state index in [9.17, 15) is 4.79 Å². The first-order chi connectivity index (χ1) is 14.8. The van der Waals surface area contributed by atoms with Crippen LogP contribution in [0.15, 0.2) is 88.6 Å². The Morgan fingerprint density at radius 2 is 1.67 bits per heavy atom. The smallest absolute Gasteiger partial charge is 0.317 e. The van der Waals surface area contributed by atoms with Gasteiger partial charge in [-0.25, -0.2) is 0 Å². The molecule has 0 amide bonds. The van der Waals surface area contributed by atoms with Crippen molar-refractivity contribution in [2.45, 2.75) is 24.7 Å². The van der Waals surface area contributed by atoms with E-state index in [4.69, 9.17) is 9.15 Å². The minimum Gasteiger partial charge on any atom is -0.461 e. The summed E-state index contributed by atoms with van der Waals surface area (Å²) < 4.78 is 13.2. The van der Waals surface area contributed by atoms with Crippen LogP contribution in [0.4, 0.5) is 0 Å². The van der Waals surface area contributed by atoms with Crippen LogP contribution in [0.2, 0.25) is 0 Å². The first-order valence-corrected chi connectivity index (χ1v) is 10.6. The second-order valence-corrected chi connectivity index (χ2v) is 7.45. The number of esters is 1. The molecule has 2 heterocycles. The molecule has 4 rings (SSSR count). The summed E-state index contributed by atoms with van der Waals surface area (Å²) in [5, 5.41) is 9.08. The van der Waals surface area contributed by atoms with Crippen molar-refractivity contribution in [1.29, 1.82) is 0 Å². The second kappa shape index (κ2) is 9.45. The molecule has 0 aliphatic rings. The van der Waals surface area contributed by atoms with E-state index >= 15 is 0 Å². The van der Waals surface area contributed by atoms with Gasteiger partial charge in [0.2, 0.25) is 0 Å². The fourth-order valence-electron chi connectivity index (χ4n) is 3.14. The van der Waals surface area contributed by atoms with Gasteiger partial charge in [0.25, 0.3) is 0 Å². The molecule has 0 N–H and O–H groups in total. The molecule has 0 aliphatic heterocycles. The highest BCUT2D eigenvalue weighted by Crippen LogP contribution is 2.28. The van der Waals surface area contributed by atoms with Crippen LogP contribution in [0.1, 0.15) is 24.2 Å². The van der Waals surface area contributed by atoms with Crippen molar-refractivity contribution in [3.05, 3.63) is 90.2 Å². The van der Waals surface area contributed by atoms with Crippen LogP contribution in [0.3, 0.4) is 0 Å². The molecule has 30 heavy (non-hydrogen) atoms. The fraction of sp³-hybridized carbons (Fsp3) is 0.174. The SMILES string of the molecule is CCn1c(SCC(=O)OC(c2ccccc2)c2ccccc2)nnc1-c1ccco1. The highest BCUT2D eigenvalue weighted by Gasteiger charge is 2.21. The molecule has 4 aromatic rings. The zero-order valence-corrected chi connectivity index (χ0v) is 17.3. The maximum Gasteiger partial charge on any atom is 0.317 e. The summed E-state index contributed by atoms with van der Waals surface area (Å²) >= 11 is 1.30. The molecule has 0 spiro atoms. The Kier molecular flexibility index (Phi) is 6.29. The number of aromatic nitrogens is 3. The summed E-state index contributed by atoms with van der Waals surface area (Å²) in [4.78, 5) is 12.7. The molecule has 2 aromatic carbocycles. The quantitative estimate of drug-likeness (QED) is 0.296. The van der Waals surface area contributed by atoms with Crippen molar-refractivity contribution in [2.75, 3.05) is 5.75 Å². The number of carbonyl (C=O) groups is 1. The van der Waals surface area contributed by atoms with Crippen molar-refractivity contribution in [3.8, 4) is 11.6 Å². The van der Waals surface area contributed by atoms with E-state index in [1.807, 2.05) is 84.3 Å². The lowest BCUT2D eigenvalue weighted by Crippen LogP contribution is -2.15. The maximum absolute atomic E-state index is 12.7. The Morgan fingerprint density at radius 3 is 2.23 bits per heavy atom. The number of hydrogen-bond donors (Lipinski definition) is 0. The minimum atomic E-state index is -0.455. The summed E-state index contributed by atoms with van der Waals surface area (Å²) in [5.41, 5.74) is 1.86. The van der Waals surface area contributed by atoms with Gasteiger partial charge in [-0.2, -0.15) is 0 Å². The van der Waals surface area contributed by atoms with Crippen molar-refractivity contribution < 1.29 is 13.9 Å². The number of furan rings is 1. The van der Waals surface area contributed by atoms with E-state index in [2.05, 4.69) is 10.2 Å². The molecule has 0 bridgehead atoms. The Hall–Kier alpha value is -3.32. The number of ether oxygens (including phenoxy) is 1. The third-order valence-corrected chi connectivity index (χ3v) is 5.49. The maximum atomic E-state index is 12.7. The molecule has 0 saturated carbocycles. The summed E-state index contributed by atoms with van der Waals surface area (Å²) in [6, 6.07) is 23.1. The van der Waals surface area contributed by atoms with Gasteiger partial charge < -0.3 is 9.15 Å². The van der Waals surface area contributed by atoms with E-state index in [1.54, 1.807) is 6.26 Å². The molecule has 6 nitrogen and oxygen atoms in total. The lowest BCUT2D eigenvalue weighted by molar-refractivity contribution is -0.144. The highest BCUT2D eigenvalue weighted by atomic mass is 32.2. The normalized spacial score (nSPS) is 11.0. The molecule has 2 aromatic heterocycles. The fourth-order valence-corrected chi connectivity index (χ4v) is 3.93. The predicted octanol–water partition coefficient (Wildman–Crippen LogP) is 4.98. The summed E-state index contributed by atoms with van der Waals surface area (Å²) in [5.74, 6) is 1.10. The van der Waals surface area contributed by atoms with Crippen LogP contribution < -0.4 is 0 Å². The van der Waals surface area contributed by atoms with Crippen LogP contribution in [-0.2, 0) is 16.1 Å². The molecule has 0 saturated heterocycles. The second-order valence-electron chi connectivity index (χ2n) is 6.51. The van der Waals surface area contributed by atoms with Gasteiger partial charge in [-0.1, -0.05) is 72.4 Å². The minimum absolute atomic E-state index is 0.131. The molecule has 0 radical (unpaired) electrons. The summed E-state index contributed by atoms with van der Waals surface area (Å²) in [6.45, 7) is 2.66. The summed E-state index contributed by atoms with van der Waals surface area (Å²) in [6.07, 6.45) is 1.14. The van der Waals surface area contributed by atoms with Gasteiger partial charge in [-0.3, -0.25) is 9.36 Å². The largest absolute Gasteiger partial charge is 0.461 e. The van der Waals surface area contributed by atoms with E-state index in [1.165, 1.54) is 11.8 Å². The standard InChI is InChI=1S/C23H21N3O3S/c1-2-26-22(19-14-9-15-28-19)24-25-23(26)30-16-20(27)29-21(17-10-5-3-6-11-17)18-12-7-4-8-13-18/h3-15,21H,2,16H2,1H3. The Balaban J connectivity index is 1.47. The van der Waals surface area contributed by atoms with Gasteiger partial charge in [0.05, 0.1) is 12.0 Å². The van der Waals surface area contributed by atoms with Crippen LogP contribution >= 0.6 is 11.8 Å². The van der Waals surface area contributed by atoms with Crippen LogP contribution in [-0.4, -0.2) is 26.5 Å². The zero-order valence-electron chi connectivity index (χ0n) is 16.5. The van der Waals surface area contributed by atoms with E-state index in [0.717, 1.165) is 11.1 Å². The number of hydrogen-bond acceptors (Lipinski definition) is 6. The van der Waals surface area contributed by atoms with Crippen molar-refractivity contribution in [1.82, 2.24) is 14.8 Å². The molecule has 0 fully saturated rings. The Bertz CT molecular complexity index is 1040. The number of nitrogens with zero attached hydrogens (tertiary/aromatic N) is 3. The molecule has 0 aliphatic carbocycles. The van der Waals surface area contributed by atoms with Gasteiger partial charge >= 0.3 is 5.97 Å². The zero-order chi connectivity index (χ0) is 20.8. The van der Waals surface area contributed by atoms with E-state index < -0.39 is 6.10 Å². The van der Waals surface area contributed by atoms with Gasteiger partial charge in [-0.15, -0.1) is 10.2 Å². The monoisotopic (exact) mass is 419 g/mol. The molecular weight excluding hydrogens is 398 g/mol. The molecule has 0 atom stereocenters. The highest BCUT2D eigenvalue weighted by molar-refractivity contribution is 7.99. The molecule has 152 valence electrons. The van der Waals surface area contributed by atoms with E-state index in [0.29, 0.717) is 23.3 Å². The molecular formula is C23H21N3O3S. The molecule has 0 unspecified atom stereocenters. The third kappa shape index (κ3) is 4.46.